The Hall–Kier alpha value is -1.39. The molecule has 1 atom stereocenters. The molecular formula is C14H20N2O2. The number of rotatable bonds is 5. The molecule has 4 nitrogen and oxygen atoms in total. The van der Waals surface area contributed by atoms with Crippen molar-refractivity contribution < 1.29 is 9.53 Å². The summed E-state index contributed by atoms with van der Waals surface area (Å²) in [5.74, 6) is 0.574. The molecule has 1 saturated heterocycles. The van der Waals surface area contributed by atoms with Crippen LogP contribution in [0.5, 0.6) is 0 Å². The van der Waals surface area contributed by atoms with Crippen molar-refractivity contribution in [1.82, 2.24) is 5.32 Å². The highest BCUT2D eigenvalue weighted by atomic mass is 16.5. The van der Waals surface area contributed by atoms with Crippen LogP contribution in [0.1, 0.15) is 18.4 Å². The quantitative estimate of drug-likeness (QED) is 0.835. The third-order valence-electron chi connectivity index (χ3n) is 3.16. The van der Waals surface area contributed by atoms with Crippen molar-refractivity contribution in [2.24, 2.45) is 5.92 Å². The second-order valence-electron chi connectivity index (χ2n) is 4.74. The van der Waals surface area contributed by atoms with Gasteiger partial charge in [0.15, 0.2) is 0 Å². The highest BCUT2D eigenvalue weighted by molar-refractivity contribution is 5.90. The Kier molecular flexibility index (Phi) is 4.73. The van der Waals surface area contributed by atoms with E-state index in [1.807, 2.05) is 24.3 Å². The van der Waals surface area contributed by atoms with Gasteiger partial charge in [-0.05, 0) is 43.1 Å². The zero-order valence-corrected chi connectivity index (χ0v) is 10.7. The summed E-state index contributed by atoms with van der Waals surface area (Å²) in [4.78, 5) is 11.9. The topological polar surface area (TPSA) is 50.4 Å². The number of carbonyl (C=O) groups excluding carboxylic acids is 1. The summed E-state index contributed by atoms with van der Waals surface area (Å²) < 4.78 is 5.07. The van der Waals surface area contributed by atoms with Gasteiger partial charge in [-0.2, -0.15) is 0 Å². The minimum atomic E-state index is 0.0956. The lowest BCUT2D eigenvalue weighted by Gasteiger charge is -2.10. The van der Waals surface area contributed by atoms with E-state index in [4.69, 9.17) is 4.74 Å². The maximum absolute atomic E-state index is 11.9. The lowest BCUT2D eigenvalue weighted by molar-refractivity contribution is -0.116. The molecule has 0 saturated carbocycles. The van der Waals surface area contributed by atoms with Gasteiger partial charge in [-0.3, -0.25) is 4.79 Å². The van der Waals surface area contributed by atoms with Gasteiger partial charge in [-0.25, -0.2) is 0 Å². The molecule has 1 aromatic rings. The van der Waals surface area contributed by atoms with Gasteiger partial charge >= 0.3 is 0 Å². The van der Waals surface area contributed by atoms with Crippen LogP contribution in [0, 0.1) is 5.92 Å². The van der Waals surface area contributed by atoms with Crippen molar-refractivity contribution in [3.05, 3.63) is 29.8 Å². The molecule has 1 unspecified atom stereocenters. The Morgan fingerprint density at radius 1 is 1.56 bits per heavy atom. The first-order valence-electron chi connectivity index (χ1n) is 6.36. The molecular weight excluding hydrogens is 228 g/mol. The number of amides is 1. The highest BCUT2D eigenvalue weighted by Gasteiger charge is 2.17. The number of nitrogens with one attached hydrogen (secondary N) is 2. The predicted molar refractivity (Wildman–Crippen MR) is 71.4 cm³/mol. The molecule has 0 radical (unpaired) electrons. The highest BCUT2D eigenvalue weighted by Crippen LogP contribution is 2.15. The third kappa shape index (κ3) is 3.82. The standard InChI is InChI=1S/C14H20N2O2/c1-18-10-12-3-2-4-13(7-12)16-14(17)8-11-5-6-15-9-11/h2-4,7,11,15H,5-6,8-10H2,1H3,(H,16,17). The van der Waals surface area contributed by atoms with E-state index in [0.29, 0.717) is 18.9 Å². The Morgan fingerprint density at radius 3 is 3.17 bits per heavy atom. The van der Waals surface area contributed by atoms with Crippen LogP contribution in [0.25, 0.3) is 0 Å². The number of carbonyl (C=O) groups is 1. The Labute approximate surface area is 108 Å². The maximum Gasteiger partial charge on any atom is 0.224 e. The summed E-state index contributed by atoms with van der Waals surface area (Å²) in [6, 6.07) is 7.78. The summed E-state index contributed by atoms with van der Waals surface area (Å²) in [5, 5.41) is 6.22. The first-order valence-corrected chi connectivity index (χ1v) is 6.36. The fourth-order valence-electron chi connectivity index (χ4n) is 2.27. The van der Waals surface area contributed by atoms with Gasteiger partial charge in [-0.15, -0.1) is 0 Å². The van der Waals surface area contributed by atoms with Crippen LogP contribution in [0.4, 0.5) is 5.69 Å². The Balaban J connectivity index is 1.87. The lowest BCUT2D eigenvalue weighted by Crippen LogP contribution is -2.18. The third-order valence-corrected chi connectivity index (χ3v) is 3.16. The van der Waals surface area contributed by atoms with Gasteiger partial charge in [0.05, 0.1) is 6.61 Å². The molecule has 1 aliphatic heterocycles. The van der Waals surface area contributed by atoms with Crippen LogP contribution in [0.15, 0.2) is 24.3 Å². The molecule has 0 bridgehead atoms. The number of hydrogen-bond donors (Lipinski definition) is 2. The SMILES string of the molecule is COCc1cccc(NC(=O)CC2CCNC2)c1. The first kappa shape index (κ1) is 13.1. The fraction of sp³-hybridized carbons (Fsp3) is 0.500. The molecule has 1 aliphatic rings. The molecule has 18 heavy (non-hydrogen) atoms. The molecule has 0 aromatic heterocycles. The molecule has 0 aliphatic carbocycles. The van der Waals surface area contributed by atoms with Crippen molar-refractivity contribution in [3.63, 3.8) is 0 Å². The van der Waals surface area contributed by atoms with Crippen molar-refractivity contribution in [2.75, 3.05) is 25.5 Å². The predicted octanol–water partition coefficient (Wildman–Crippen LogP) is 1.77. The Bertz CT molecular complexity index is 401. The van der Waals surface area contributed by atoms with Crippen molar-refractivity contribution in [1.29, 1.82) is 0 Å². The zero-order valence-electron chi connectivity index (χ0n) is 10.7. The second kappa shape index (κ2) is 6.52. The van der Waals surface area contributed by atoms with Crippen LogP contribution in [-0.2, 0) is 16.1 Å². The van der Waals surface area contributed by atoms with Crippen molar-refractivity contribution >= 4 is 11.6 Å². The van der Waals surface area contributed by atoms with Crippen LogP contribution < -0.4 is 10.6 Å². The van der Waals surface area contributed by atoms with Gasteiger partial charge in [0.25, 0.3) is 0 Å². The normalized spacial score (nSPS) is 18.8. The molecule has 1 heterocycles. The lowest BCUT2D eigenvalue weighted by atomic mass is 10.0. The maximum atomic E-state index is 11.9. The smallest absolute Gasteiger partial charge is 0.224 e. The molecule has 1 amide bonds. The van der Waals surface area contributed by atoms with E-state index in [1.54, 1.807) is 7.11 Å². The van der Waals surface area contributed by atoms with Crippen LogP contribution in [0.3, 0.4) is 0 Å². The molecule has 0 spiro atoms. The number of anilines is 1. The molecule has 98 valence electrons. The fourth-order valence-corrected chi connectivity index (χ4v) is 2.27. The van der Waals surface area contributed by atoms with Gasteiger partial charge in [0.2, 0.25) is 5.91 Å². The van der Waals surface area contributed by atoms with E-state index in [2.05, 4.69) is 10.6 Å². The average molecular weight is 248 g/mol. The summed E-state index contributed by atoms with van der Waals surface area (Å²) in [7, 11) is 1.67. The van der Waals surface area contributed by atoms with E-state index < -0.39 is 0 Å². The number of benzene rings is 1. The van der Waals surface area contributed by atoms with Crippen LogP contribution in [0.2, 0.25) is 0 Å². The van der Waals surface area contributed by atoms with Crippen molar-refractivity contribution in [2.45, 2.75) is 19.4 Å². The second-order valence-corrected chi connectivity index (χ2v) is 4.74. The molecule has 2 N–H and O–H groups in total. The monoisotopic (exact) mass is 248 g/mol. The molecule has 4 heteroatoms. The number of ether oxygens (including phenoxy) is 1. The summed E-state index contributed by atoms with van der Waals surface area (Å²) in [6.45, 7) is 2.55. The van der Waals surface area contributed by atoms with Gasteiger partial charge in [0.1, 0.15) is 0 Å². The van der Waals surface area contributed by atoms with Gasteiger partial charge in [-0.1, -0.05) is 12.1 Å². The van der Waals surface area contributed by atoms with Crippen LogP contribution in [-0.4, -0.2) is 26.1 Å². The average Bonchev–Trinajstić information content (AvgIpc) is 2.82. The minimum Gasteiger partial charge on any atom is -0.380 e. The molecule has 1 aromatic carbocycles. The van der Waals surface area contributed by atoms with E-state index in [0.717, 1.165) is 30.8 Å². The largest absolute Gasteiger partial charge is 0.380 e. The number of hydrogen-bond acceptors (Lipinski definition) is 3. The zero-order chi connectivity index (χ0) is 12.8. The van der Waals surface area contributed by atoms with Gasteiger partial charge in [0, 0.05) is 19.2 Å². The van der Waals surface area contributed by atoms with E-state index >= 15 is 0 Å². The van der Waals surface area contributed by atoms with Crippen LogP contribution >= 0.6 is 0 Å². The van der Waals surface area contributed by atoms with E-state index in [1.165, 1.54) is 0 Å². The van der Waals surface area contributed by atoms with Gasteiger partial charge < -0.3 is 15.4 Å². The summed E-state index contributed by atoms with van der Waals surface area (Å²) in [6.07, 6.45) is 1.69. The summed E-state index contributed by atoms with van der Waals surface area (Å²) >= 11 is 0. The van der Waals surface area contributed by atoms with Crippen molar-refractivity contribution in [3.8, 4) is 0 Å². The Morgan fingerprint density at radius 2 is 2.44 bits per heavy atom. The number of methoxy groups -OCH3 is 1. The summed E-state index contributed by atoms with van der Waals surface area (Å²) in [5.41, 5.74) is 1.92. The molecule has 2 rings (SSSR count). The minimum absolute atomic E-state index is 0.0956. The first-order chi connectivity index (χ1) is 8.78. The van der Waals surface area contributed by atoms with E-state index in [9.17, 15) is 4.79 Å². The van der Waals surface area contributed by atoms with E-state index in [-0.39, 0.29) is 5.91 Å². The molecule has 1 fully saturated rings.